The number of nitrogens with one attached hydrogen (secondary N) is 1. The number of hydrogen-bond acceptors (Lipinski definition) is 3. The lowest BCUT2D eigenvalue weighted by molar-refractivity contribution is 0.0936. The molecule has 3 nitrogen and oxygen atoms in total. The van der Waals surface area contributed by atoms with Gasteiger partial charge in [-0.15, -0.1) is 11.8 Å². The van der Waals surface area contributed by atoms with E-state index in [1.54, 1.807) is 23.9 Å². The minimum atomic E-state index is -0.0802. The number of carbonyl (C=O) groups excluding carboxylic acids is 2. The van der Waals surface area contributed by atoms with Crippen molar-refractivity contribution in [1.29, 1.82) is 0 Å². The average Bonchev–Trinajstić information content (AvgIpc) is 2.38. The highest BCUT2D eigenvalue weighted by atomic mass is 32.2. The van der Waals surface area contributed by atoms with Gasteiger partial charge in [0.2, 0.25) is 0 Å². The van der Waals surface area contributed by atoms with E-state index in [9.17, 15) is 9.59 Å². The van der Waals surface area contributed by atoms with Crippen molar-refractivity contribution in [2.45, 2.75) is 37.6 Å². The molecule has 1 N–H and O–H groups in total. The summed E-state index contributed by atoms with van der Waals surface area (Å²) in [5.41, 5.74) is 1.33. The normalized spacial score (nSPS) is 16.0. The molecule has 18 heavy (non-hydrogen) atoms. The molecule has 0 bridgehead atoms. The first-order valence-corrected chi connectivity index (χ1v) is 7.22. The Balaban J connectivity index is 2.31. The lowest BCUT2D eigenvalue weighted by Gasteiger charge is -2.18. The largest absolute Gasteiger partial charge is 0.350 e. The van der Waals surface area contributed by atoms with Crippen LogP contribution in [0.15, 0.2) is 23.1 Å². The Labute approximate surface area is 111 Å². The van der Waals surface area contributed by atoms with Crippen LogP contribution in [0.25, 0.3) is 0 Å². The molecule has 1 unspecified atom stereocenters. The standard InChI is InChI=1S/C14H17NO2S/c1-3-9(2)15-14(17)11-6-4-5-10-12(16)7-8-18-13(10)11/h4-6,9H,3,7-8H2,1-2H3,(H,15,17). The number of thioether (sulfide) groups is 1. The first-order chi connectivity index (χ1) is 8.63. The third kappa shape index (κ3) is 2.58. The summed E-state index contributed by atoms with van der Waals surface area (Å²) in [7, 11) is 0. The lowest BCUT2D eigenvalue weighted by atomic mass is 10.0. The Hall–Kier alpha value is -1.29. The maximum Gasteiger partial charge on any atom is 0.252 e. The van der Waals surface area contributed by atoms with Gasteiger partial charge in [0, 0.05) is 28.7 Å². The van der Waals surface area contributed by atoms with Gasteiger partial charge in [0.15, 0.2) is 5.78 Å². The zero-order valence-corrected chi connectivity index (χ0v) is 11.5. The Morgan fingerprint density at radius 2 is 2.28 bits per heavy atom. The summed E-state index contributed by atoms with van der Waals surface area (Å²) in [6.07, 6.45) is 1.46. The third-order valence-electron chi connectivity index (χ3n) is 3.13. The molecule has 1 atom stereocenters. The van der Waals surface area contributed by atoms with Crippen molar-refractivity contribution in [2.75, 3.05) is 5.75 Å². The molecule has 1 amide bonds. The Morgan fingerprint density at radius 1 is 1.50 bits per heavy atom. The second-order valence-corrected chi connectivity index (χ2v) is 5.59. The number of carbonyl (C=O) groups is 2. The van der Waals surface area contributed by atoms with Crippen molar-refractivity contribution in [3.8, 4) is 0 Å². The van der Waals surface area contributed by atoms with E-state index in [1.165, 1.54) is 0 Å². The fraction of sp³-hybridized carbons (Fsp3) is 0.429. The van der Waals surface area contributed by atoms with E-state index in [2.05, 4.69) is 5.32 Å². The fourth-order valence-electron chi connectivity index (χ4n) is 1.87. The molecule has 1 aliphatic rings. The van der Waals surface area contributed by atoms with Gasteiger partial charge in [0.1, 0.15) is 0 Å². The van der Waals surface area contributed by atoms with Crippen molar-refractivity contribution in [3.05, 3.63) is 29.3 Å². The number of ketones is 1. The molecular formula is C14H17NO2S. The van der Waals surface area contributed by atoms with Crippen LogP contribution in [0.3, 0.4) is 0 Å². The zero-order valence-electron chi connectivity index (χ0n) is 10.7. The minimum Gasteiger partial charge on any atom is -0.350 e. The maximum atomic E-state index is 12.2. The van der Waals surface area contributed by atoms with Crippen molar-refractivity contribution in [2.24, 2.45) is 0 Å². The molecule has 0 spiro atoms. The molecule has 0 aliphatic carbocycles. The van der Waals surface area contributed by atoms with E-state index in [0.29, 0.717) is 17.5 Å². The summed E-state index contributed by atoms with van der Waals surface area (Å²) in [5, 5.41) is 2.95. The predicted molar refractivity (Wildman–Crippen MR) is 73.3 cm³/mol. The van der Waals surface area contributed by atoms with Gasteiger partial charge in [-0.3, -0.25) is 9.59 Å². The number of hydrogen-bond donors (Lipinski definition) is 1. The van der Waals surface area contributed by atoms with Gasteiger partial charge in [-0.2, -0.15) is 0 Å². The monoisotopic (exact) mass is 263 g/mol. The van der Waals surface area contributed by atoms with E-state index < -0.39 is 0 Å². The lowest BCUT2D eigenvalue weighted by Crippen LogP contribution is -2.32. The van der Waals surface area contributed by atoms with Gasteiger partial charge in [-0.1, -0.05) is 19.1 Å². The predicted octanol–water partition coefficient (Wildman–Crippen LogP) is 2.89. The van der Waals surface area contributed by atoms with Crippen molar-refractivity contribution in [3.63, 3.8) is 0 Å². The van der Waals surface area contributed by atoms with Gasteiger partial charge in [0.25, 0.3) is 5.91 Å². The first-order valence-electron chi connectivity index (χ1n) is 6.23. The molecule has 1 heterocycles. The molecule has 1 aromatic rings. The molecule has 1 aromatic carbocycles. The molecular weight excluding hydrogens is 246 g/mol. The molecule has 2 rings (SSSR count). The van der Waals surface area contributed by atoms with E-state index in [4.69, 9.17) is 0 Å². The molecule has 0 fully saturated rings. The summed E-state index contributed by atoms with van der Waals surface area (Å²) in [6, 6.07) is 5.54. The fourth-order valence-corrected chi connectivity index (χ4v) is 3.02. The Kier molecular flexibility index (Phi) is 4.07. The number of amides is 1. The quantitative estimate of drug-likeness (QED) is 0.912. The third-order valence-corrected chi connectivity index (χ3v) is 4.26. The Morgan fingerprint density at radius 3 is 3.00 bits per heavy atom. The maximum absolute atomic E-state index is 12.2. The average molecular weight is 263 g/mol. The van der Waals surface area contributed by atoms with Crippen molar-refractivity contribution >= 4 is 23.5 Å². The minimum absolute atomic E-state index is 0.0802. The SMILES string of the molecule is CCC(C)NC(=O)c1cccc2c1SCCC2=O. The van der Waals surface area contributed by atoms with Gasteiger partial charge in [-0.05, 0) is 19.4 Å². The van der Waals surface area contributed by atoms with Crippen LogP contribution in [-0.4, -0.2) is 23.5 Å². The first kappa shape index (κ1) is 13.1. The molecule has 0 radical (unpaired) electrons. The highest BCUT2D eigenvalue weighted by molar-refractivity contribution is 7.99. The summed E-state index contributed by atoms with van der Waals surface area (Å²) in [5.74, 6) is 0.824. The van der Waals surface area contributed by atoms with Crippen LogP contribution in [0.2, 0.25) is 0 Å². The van der Waals surface area contributed by atoms with Crippen LogP contribution in [0.5, 0.6) is 0 Å². The van der Waals surface area contributed by atoms with Crippen LogP contribution in [0.4, 0.5) is 0 Å². The van der Waals surface area contributed by atoms with Crippen molar-refractivity contribution in [1.82, 2.24) is 5.32 Å². The number of benzene rings is 1. The smallest absolute Gasteiger partial charge is 0.252 e. The summed E-state index contributed by atoms with van der Waals surface area (Å²) in [4.78, 5) is 24.8. The highest BCUT2D eigenvalue weighted by Gasteiger charge is 2.23. The van der Waals surface area contributed by atoms with Crippen LogP contribution >= 0.6 is 11.8 Å². The number of fused-ring (bicyclic) bond motifs is 1. The topological polar surface area (TPSA) is 46.2 Å². The molecule has 0 saturated carbocycles. The van der Waals surface area contributed by atoms with E-state index in [1.807, 2.05) is 19.9 Å². The second kappa shape index (κ2) is 5.57. The second-order valence-electron chi connectivity index (χ2n) is 4.49. The molecule has 0 aromatic heterocycles. The number of rotatable bonds is 3. The summed E-state index contributed by atoms with van der Waals surface area (Å²) < 4.78 is 0. The van der Waals surface area contributed by atoms with Crippen LogP contribution in [0.1, 0.15) is 47.4 Å². The van der Waals surface area contributed by atoms with E-state index in [0.717, 1.165) is 17.1 Å². The van der Waals surface area contributed by atoms with Gasteiger partial charge in [-0.25, -0.2) is 0 Å². The molecule has 1 aliphatic heterocycles. The summed E-state index contributed by atoms with van der Waals surface area (Å²) in [6.45, 7) is 4.01. The molecule has 4 heteroatoms. The molecule has 96 valence electrons. The van der Waals surface area contributed by atoms with Crippen LogP contribution in [-0.2, 0) is 0 Å². The summed E-state index contributed by atoms with van der Waals surface area (Å²) >= 11 is 1.60. The highest BCUT2D eigenvalue weighted by Crippen LogP contribution is 2.32. The Bertz CT molecular complexity index is 485. The molecule has 0 saturated heterocycles. The van der Waals surface area contributed by atoms with Crippen LogP contribution in [0, 0.1) is 0 Å². The van der Waals surface area contributed by atoms with Gasteiger partial charge in [0.05, 0.1) is 5.56 Å². The van der Waals surface area contributed by atoms with Gasteiger partial charge < -0.3 is 5.32 Å². The number of Topliss-reactive ketones (excluding diaryl/α,β-unsaturated/α-hetero) is 1. The van der Waals surface area contributed by atoms with Crippen molar-refractivity contribution < 1.29 is 9.59 Å². The van der Waals surface area contributed by atoms with E-state index >= 15 is 0 Å². The van der Waals surface area contributed by atoms with Crippen LogP contribution < -0.4 is 5.32 Å². The zero-order chi connectivity index (χ0) is 13.1. The van der Waals surface area contributed by atoms with E-state index in [-0.39, 0.29) is 17.7 Å². The van der Waals surface area contributed by atoms with Gasteiger partial charge >= 0.3 is 0 Å².